The number of carbonyl (C=O) groups excluding carboxylic acids is 2. The number of fused-ring (bicyclic) bond motifs is 1. The molecule has 3 aromatic carbocycles. The Morgan fingerprint density at radius 3 is 2.31 bits per heavy atom. The van der Waals surface area contributed by atoms with Crippen molar-refractivity contribution >= 4 is 34.1 Å². The quantitative estimate of drug-likeness (QED) is 0.0354. The minimum atomic E-state index is -4.44. The number of methoxy groups -OCH3 is 1. The van der Waals surface area contributed by atoms with Gasteiger partial charge in [0.2, 0.25) is 0 Å². The largest absolute Gasteiger partial charge is 0.495 e. The summed E-state index contributed by atoms with van der Waals surface area (Å²) in [6.45, 7) is 7.01. The number of hydrogen-bond acceptors (Lipinski definition) is 13. The maximum atomic E-state index is 13.8. The van der Waals surface area contributed by atoms with E-state index >= 15 is 0 Å². The van der Waals surface area contributed by atoms with Gasteiger partial charge in [0.25, 0.3) is 17.4 Å². The summed E-state index contributed by atoms with van der Waals surface area (Å²) in [6.07, 6.45) is -0.773. The predicted octanol–water partition coefficient (Wildman–Crippen LogP) is 6.64. The fourth-order valence-corrected chi connectivity index (χ4v) is 8.46. The number of pyridine rings is 1. The first-order valence-electron chi connectivity index (χ1n) is 24.4. The van der Waals surface area contributed by atoms with Gasteiger partial charge in [-0.15, -0.1) is 0 Å². The molecule has 7 rings (SSSR count). The minimum Gasteiger partial charge on any atom is -0.495 e. The van der Waals surface area contributed by atoms with E-state index in [0.29, 0.717) is 72.4 Å². The van der Waals surface area contributed by atoms with Crippen molar-refractivity contribution in [2.75, 3.05) is 104 Å². The van der Waals surface area contributed by atoms with Gasteiger partial charge in [-0.3, -0.25) is 14.4 Å². The second-order valence-electron chi connectivity index (χ2n) is 17.7. The predicted molar refractivity (Wildman–Crippen MR) is 275 cm³/mol. The van der Waals surface area contributed by atoms with E-state index in [1.54, 1.807) is 71.4 Å². The third-order valence-electron chi connectivity index (χ3n) is 12.2. The van der Waals surface area contributed by atoms with Gasteiger partial charge in [-0.05, 0) is 113 Å². The van der Waals surface area contributed by atoms with Crippen molar-refractivity contribution in [2.24, 2.45) is 0 Å². The number of carbonyl (C=O) groups is 2. The lowest BCUT2D eigenvalue weighted by molar-refractivity contribution is -0.140. The Morgan fingerprint density at radius 1 is 0.865 bits per heavy atom. The monoisotopic (exact) mass is 1020 g/mol. The Bertz CT molecular complexity index is 2930. The first-order valence-corrected chi connectivity index (χ1v) is 24.4. The molecular weight excluding hydrogens is 962 g/mol. The number of ether oxygens (including phenoxy) is 5. The van der Waals surface area contributed by atoms with E-state index in [9.17, 15) is 27.6 Å². The Morgan fingerprint density at radius 2 is 1.59 bits per heavy atom. The van der Waals surface area contributed by atoms with Crippen molar-refractivity contribution in [1.82, 2.24) is 29.8 Å². The van der Waals surface area contributed by atoms with Crippen molar-refractivity contribution in [3.05, 3.63) is 124 Å². The van der Waals surface area contributed by atoms with Crippen LogP contribution in [0.1, 0.15) is 45.9 Å². The number of amides is 2. The smallest absolute Gasteiger partial charge is 0.406 e. The Kier molecular flexibility index (Phi) is 19.6. The SMILES string of the molecule is COc1cc(C(=O)NCCOCCOCCOCCNC(=O)COc2cccc(Cn3cc(-c4c(C)noc4C)ccc3=O)c2)ccc1NCC#Cc1cc2c(NC3CCN(C)CC3)cccc2n1CC(F)(F)F. The molecule has 17 nitrogen and oxygen atoms in total. The molecule has 20 heteroatoms. The van der Waals surface area contributed by atoms with Gasteiger partial charge in [0, 0.05) is 59.2 Å². The molecule has 6 aromatic rings. The number of aromatic nitrogens is 3. The minimum absolute atomic E-state index is 0.108. The molecule has 4 heterocycles. The fraction of sp³-hybridized carbons (Fsp3) is 0.407. The zero-order valence-electron chi connectivity index (χ0n) is 42.1. The molecule has 74 heavy (non-hydrogen) atoms. The number of aryl methyl sites for hydroxylation is 2. The highest BCUT2D eigenvalue weighted by atomic mass is 19.4. The molecule has 1 fully saturated rings. The number of nitrogens with one attached hydrogen (secondary N) is 4. The van der Waals surface area contributed by atoms with Gasteiger partial charge in [-0.2, -0.15) is 13.2 Å². The molecule has 0 saturated carbocycles. The number of alkyl halides is 3. The van der Waals surface area contributed by atoms with Crippen LogP contribution in [0.2, 0.25) is 0 Å². The van der Waals surface area contributed by atoms with Crippen LogP contribution in [0.15, 0.2) is 94.4 Å². The third kappa shape index (κ3) is 15.8. The maximum Gasteiger partial charge on any atom is 0.406 e. The van der Waals surface area contributed by atoms with Crippen LogP contribution in [0.3, 0.4) is 0 Å². The molecule has 4 N–H and O–H groups in total. The molecule has 0 radical (unpaired) electrons. The Hall–Kier alpha value is -7.31. The number of nitrogens with zero attached hydrogens (tertiary/aromatic N) is 4. The Labute approximate surface area is 427 Å². The van der Waals surface area contributed by atoms with Crippen LogP contribution in [0.25, 0.3) is 22.0 Å². The van der Waals surface area contributed by atoms with Gasteiger partial charge in [-0.1, -0.05) is 29.3 Å². The summed E-state index contributed by atoms with van der Waals surface area (Å²) in [5.41, 5.74) is 5.52. The summed E-state index contributed by atoms with van der Waals surface area (Å²) < 4.78 is 77.3. The van der Waals surface area contributed by atoms with E-state index in [4.69, 9.17) is 28.2 Å². The molecule has 1 aliphatic heterocycles. The number of anilines is 2. The normalized spacial score (nSPS) is 13.1. The lowest BCUT2D eigenvalue weighted by Gasteiger charge is -2.30. The van der Waals surface area contributed by atoms with Crippen molar-refractivity contribution < 1.29 is 51.0 Å². The highest BCUT2D eigenvalue weighted by molar-refractivity contribution is 5.95. The summed E-state index contributed by atoms with van der Waals surface area (Å²) in [6, 6.07) is 22.7. The lowest BCUT2D eigenvalue weighted by atomic mass is 10.0. The average Bonchev–Trinajstić information content (AvgIpc) is 3.91. The molecule has 2 amide bonds. The zero-order chi connectivity index (χ0) is 52.5. The summed E-state index contributed by atoms with van der Waals surface area (Å²) in [7, 11) is 3.55. The molecule has 1 saturated heterocycles. The van der Waals surface area contributed by atoms with Crippen molar-refractivity contribution in [3.8, 4) is 34.5 Å². The molecule has 3 aromatic heterocycles. The highest BCUT2D eigenvalue weighted by Crippen LogP contribution is 2.32. The first kappa shape index (κ1) is 54.5. The number of halogens is 3. The van der Waals surface area contributed by atoms with Crippen LogP contribution in [0.5, 0.6) is 11.5 Å². The number of hydrogen-bond donors (Lipinski definition) is 4. The van der Waals surface area contributed by atoms with Crippen LogP contribution < -0.4 is 36.3 Å². The standard InChI is InChI=1S/C54H63F3N8O9/c1-37-52(38(2)74-62-37)41-14-16-51(67)64(34-41)33-39-8-5-10-44(30-39)73-35-50(66)59-20-24-70-26-28-72-29-27-71-25-21-60-53(68)40-13-15-47(49(31-40)69-4)58-19-7-9-43-32-45-46(61-42-17-22-63(3)23-18-42)11-6-12-48(45)65(43)36-54(55,56)57/h5-6,8,10-16,30-32,34,42,58,61H,17-29,33,35-36H2,1-4H3,(H,59,66)(H,60,68). The lowest BCUT2D eigenvalue weighted by Crippen LogP contribution is -2.36. The summed E-state index contributed by atoms with van der Waals surface area (Å²) in [5.74, 6) is 6.83. The van der Waals surface area contributed by atoms with Crippen molar-refractivity contribution in [2.45, 2.75) is 52.0 Å². The molecule has 0 bridgehead atoms. The van der Waals surface area contributed by atoms with Crippen molar-refractivity contribution in [1.29, 1.82) is 0 Å². The zero-order valence-corrected chi connectivity index (χ0v) is 42.1. The number of benzene rings is 3. The number of piperidine rings is 1. The number of likely N-dealkylation sites (tertiary alicyclic amines) is 1. The van der Waals surface area contributed by atoms with Gasteiger partial charge >= 0.3 is 6.18 Å². The highest BCUT2D eigenvalue weighted by Gasteiger charge is 2.30. The summed E-state index contributed by atoms with van der Waals surface area (Å²) in [5, 5.41) is 17.0. The van der Waals surface area contributed by atoms with E-state index in [-0.39, 0.29) is 68.6 Å². The summed E-state index contributed by atoms with van der Waals surface area (Å²) in [4.78, 5) is 40.2. The molecule has 0 atom stereocenters. The third-order valence-corrected chi connectivity index (χ3v) is 12.2. The van der Waals surface area contributed by atoms with Crippen LogP contribution in [-0.2, 0) is 32.1 Å². The molecule has 0 aliphatic carbocycles. The van der Waals surface area contributed by atoms with Gasteiger partial charge in [0.1, 0.15) is 23.8 Å². The maximum absolute atomic E-state index is 13.8. The van der Waals surface area contributed by atoms with Gasteiger partial charge < -0.3 is 63.5 Å². The molecule has 0 spiro atoms. The van der Waals surface area contributed by atoms with Gasteiger partial charge in [0.15, 0.2) is 6.61 Å². The van der Waals surface area contributed by atoms with E-state index < -0.39 is 12.7 Å². The topological polar surface area (TPSA) is 185 Å². The van der Waals surface area contributed by atoms with Crippen molar-refractivity contribution in [3.63, 3.8) is 0 Å². The molecule has 394 valence electrons. The van der Waals surface area contributed by atoms with Crippen LogP contribution in [0, 0.1) is 25.7 Å². The average molecular weight is 1030 g/mol. The summed E-state index contributed by atoms with van der Waals surface area (Å²) >= 11 is 0. The van der Waals surface area contributed by atoms with Gasteiger partial charge in [-0.25, -0.2) is 0 Å². The van der Waals surface area contributed by atoms with E-state index in [0.717, 1.165) is 54.0 Å². The van der Waals surface area contributed by atoms with Crippen LogP contribution in [-0.4, -0.2) is 136 Å². The first-order chi connectivity index (χ1) is 35.7. The molecule has 0 unspecified atom stereocenters. The molecule has 1 aliphatic rings. The second-order valence-corrected chi connectivity index (χ2v) is 17.7. The van der Waals surface area contributed by atoms with Crippen LogP contribution >= 0.6 is 0 Å². The number of rotatable bonds is 25. The van der Waals surface area contributed by atoms with Gasteiger partial charge in [0.05, 0.1) is 82.4 Å². The Balaban J connectivity index is 0.737. The fourth-order valence-electron chi connectivity index (χ4n) is 8.46. The van der Waals surface area contributed by atoms with E-state index in [2.05, 4.69) is 50.2 Å². The van der Waals surface area contributed by atoms with Crippen LogP contribution in [0.4, 0.5) is 24.5 Å². The van der Waals surface area contributed by atoms with E-state index in [1.165, 1.54) is 17.7 Å². The molecular formula is C54H63F3N8O9. The van der Waals surface area contributed by atoms with E-state index in [1.807, 2.05) is 26.0 Å². The second kappa shape index (κ2) is 26.6.